The molecule has 1 aliphatic heterocycles. The Bertz CT molecular complexity index is 863. The number of carbonyl (C=O) groups excluding carboxylic acids is 1. The Hall–Kier alpha value is -2.66. The maximum absolute atomic E-state index is 12.2. The van der Waals surface area contributed by atoms with Crippen molar-refractivity contribution in [3.05, 3.63) is 41.3 Å². The first-order chi connectivity index (χ1) is 14.8. The third-order valence-electron chi connectivity index (χ3n) is 4.59. The molecule has 0 unspecified atom stereocenters. The molecule has 31 heavy (non-hydrogen) atoms. The van der Waals surface area contributed by atoms with Crippen molar-refractivity contribution in [2.45, 2.75) is 12.6 Å². The van der Waals surface area contributed by atoms with Gasteiger partial charge in [0.25, 0.3) is 5.91 Å². The molecule has 0 saturated carbocycles. The average Bonchev–Trinajstić information content (AvgIpc) is 2.76. The van der Waals surface area contributed by atoms with Crippen molar-refractivity contribution >= 4 is 23.5 Å². The van der Waals surface area contributed by atoms with Gasteiger partial charge in [0, 0.05) is 51.3 Å². The van der Waals surface area contributed by atoms with Crippen LogP contribution in [0.2, 0.25) is 5.02 Å². The Labute approximate surface area is 182 Å². The molecule has 2 aromatic rings. The zero-order chi connectivity index (χ0) is 22.3. The van der Waals surface area contributed by atoms with Gasteiger partial charge in [-0.25, -0.2) is 15.0 Å². The minimum atomic E-state index is -4.50. The number of hydrogen-bond acceptors (Lipinski definition) is 7. The number of hydrogen-bond donors (Lipinski definition) is 1. The number of alkyl halides is 3. The van der Waals surface area contributed by atoms with Crippen molar-refractivity contribution < 1.29 is 22.7 Å². The normalized spacial score (nSPS) is 15.0. The van der Waals surface area contributed by atoms with Gasteiger partial charge < -0.3 is 15.0 Å². The van der Waals surface area contributed by atoms with E-state index in [2.05, 4.69) is 34.8 Å². The number of amides is 1. The number of piperazine rings is 1. The highest BCUT2D eigenvalue weighted by Gasteiger charge is 2.29. The topological polar surface area (TPSA) is 83.5 Å². The Kier molecular flexibility index (Phi) is 7.85. The molecule has 1 aliphatic rings. The van der Waals surface area contributed by atoms with Gasteiger partial charge in [-0.2, -0.15) is 13.2 Å². The van der Waals surface area contributed by atoms with Gasteiger partial charge in [0.1, 0.15) is 5.02 Å². The number of anilines is 1. The smallest absolute Gasteiger partial charge is 0.422 e. The fourth-order valence-electron chi connectivity index (χ4n) is 3.04. The summed E-state index contributed by atoms with van der Waals surface area (Å²) in [6.45, 7) is 3.21. The van der Waals surface area contributed by atoms with Crippen LogP contribution in [0.3, 0.4) is 0 Å². The predicted molar refractivity (Wildman–Crippen MR) is 108 cm³/mol. The Morgan fingerprint density at radius 2 is 1.87 bits per heavy atom. The summed E-state index contributed by atoms with van der Waals surface area (Å²) in [7, 11) is 0. The highest BCUT2D eigenvalue weighted by atomic mass is 35.5. The molecule has 0 aliphatic carbocycles. The second kappa shape index (κ2) is 10.6. The van der Waals surface area contributed by atoms with Crippen molar-refractivity contribution in [1.29, 1.82) is 0 Å². The fourth-order valence-corrected chi connectivity index (χ4v) is 3.26. The second-order valence-corrected chi connectivity index (χ2v) is 7.31. The zero-order valence-corrected chi connectivity index (χ0v) is 17.4. The van der Waals surface area contributed by atoms with Gasteiger partial charge in [-0.15, -0.1) is 0 Å². The molecular formula is C19H22ClF3N6O2. The quantitative estimate of drug-likeness (QED) is 0.608. The summed E-state index contributed by atoms with van der Waals surface area (Å²) in [6, 6.07) is 3.02. The zero-order valence-electron chi connectivity index (χ0n) is 16.6. The third kappa shape index (κ3) is 7.21. The van der Waals surface area contributed by atoms with Crippen LogP contribution >= 0.6 is 11.6 Å². The van der Waals surface area contributed by atoms with E-state index in [1.54, 1.807) is 18.5 Å². The van der Waals surface area contributed by atoms with E-state index in [0.29, 0.717) is 6.54 Å². The molecule has 1 saturated heterocycles. The van der Waals surface area contributed by atoms with Crippen LogP contribution in [0.1, 0.15) is 16.8 Å². The lowest BCUT2D eigenvalue weighted by Crippen LogP contribution is -2.47. The molecule has 0 radical (unpaired) electrons. The van der Waals surface area contributed by atoms with Gasteiger partial charge in [0.2, 0.25) is 11.8 Å². The molecule has 0 spiro atoms. The van der Waals surface area contributed by atoms with E-state index in [4.69, 9.17) is 11.6 Å². The molecule has 3 heterocycles. The number of nitrogens with one attached hydrogen (secondary N) is 1. The SMILES string of the molecule is O=C(NCCCN1CCN(c2ncccn2)CC1)c1cnc(OCC(F)(F)F)c(Cl)c1. The number of aromatic nitrogens is 3. The maximum Gasteiger partial charge on any atom is 0.422 e. The third-order valence-corrected chi connectivity index (χ3v) is 4.86. The number of pyridine rings is 1. The molecule has 3 rings (SSSR count). The van der Waals surface area contributed by atoms with Crippen LogP contribution < -0.4 is 15.0 Å². The minimum absolute atomic E-state index is 0.154. The number of halogens is 4. The first-order valence-electron chi connectivity index (χ1n) is 9.69. The fraction of sp³-hybridized carbons (Fsp3) is 0.474. The van der Waals surface area contributed by atoms with Gasteiger partial charge in [0.05, 0.1) is 5.56 Å². The van der Waals surface area contributed by atoms with Gasteiger partial charge in [-0.1, -0.05) is 11.6 Å². The van der Waals surface area contributed by atoms with E-state index in [1.807, 2.05) is 0 Å². The minimum Gasteiger partial charge on any atom is -0.467 e. The molecule has 1 N–H and O–H groups in total. The van der Waals surface area contributed by atoms with Crippen LogP contribution in [0.4, 0.5) is 19.1 Å². The number of rotatable bonds is 8. The predicted octanol–water partition coefficient (Wildman–Crippen LogP) is 2.41. The summed E-state index contributed by atoms with van der Waals surface area (Å²) in [5.41, 5.74) is 0.154. The molecule has 0 aromatic carbocycles. The average molecular weight is 459 g/mol. The van der Waals surface area contributed by atoms with Crippen molar-refractivity contribution in [3.63, 3.8) is 0 Å². The van der Waals surface area contributed by atoms with E-state index in [9.17, 15) is 18.0 Å². The lowest BCUT2D eigenvalue weighted by molar-refractivity contribution is -0.154. The standard InChI is InChI=1S/C19H22ClF3N6O2/c20-15-11-14(12-27-17(15)31-13-19(21,22)23)16(30)24-5-2-6-28-7-9-29(10-8-28)18-25-3-1-4-26-18/h1,3-4,11-12H,2,5-10,13H2,(H,24,30). The molecule has 12 heteroatoms. The summed E-state index contributed by atoms with van der Waals surface area (Å²) in [4.78, 5) is 28.9. The molecule has 8 nitrogen and oxygen atoms in total. The monoisotopic (exact) mass is 458 g/mol. The Morgan fingerprint density at radius 3 is 2.52 bits per heavy atom. The van der Waals surface area contributed by atoms with Crippen LogP contribution in [-0.2, 0) is 0 Å². The molecule has 168 valence electrons. The van der Waals surface area contributed by atoms with Crippen molar-refractivity contribution in [2.75, 3.05) is 50.8 Å². The lowest BCUT2D eigenvalue weighted by Gasteiger charge is -2.34. The van der Waals surface area contributed by atoms with Gasteiger partial charge in [0.15, 0.2) is 6.61 Å². The van der Waals surface area contributed by atoms with E-state index >= 15 is 0 Å². The van der Waals surface area contributed by atoms with Gasteiger partial charge in [-0.3, -0.25) is 9.69 Å². The van der Waals surface area contributed by atoms with Crippen molar-refractivity contribution in [3.8, 4) is 5.88 Å². The first kappa shape index (κ1) is 23.0. The molecule has 0 bridgehead atoms. The number of carbonyl (C=O) groups is 1. The molecule has 0 atom stereocenters. The molecule has 1 amide bonds. The van der Waals surface area contributed by atoms with Gasteiger partial charge in [-0.05, 0) is 25.1 Å². The summed E-state index contributed by atoms with van der Waals surface area (Å²) < 4.78 is 41.2. The Balaban J connectivity index is 1.36. The Morgan fingerprint density at radius 1 is 1.16 bits per heavy atom. The molecule has 2 aromatic heterocycles. The summed E-state index contributed by atoms with van der Waals surface area (Å²) in [6.07, 6.45) is 0.842. The lowest BCUT2D eigenvalue weighted by atomic mass is 10.2. The summed E-state index contributed by atoms with van der Waals surface area (Å²) >= 11 is 5.87. The first-order valence-corrected chi connectivity index (χ1v) is 10.1. The van der Waals surface area contributed by atoms with Crippen LogP contribution in [0.25, 0.3) is 0 Å². The largest absolute Gasteiger partial charge is 0.467 e. The van der Waals surface area contributed by atoms with Crippen LogP contribution in [0.15, 0.2) is 30.7 Å². The van der Waals surface area contributed by atoms with Crippen LogP contribution in [0.5, 0.6) is 5.88 Å². The van der Waals surface area contributed by atoms with Gasteiger partial charge >= 0.3 is 6.18 Å². The molecular weight excluding hydrogens is 437 g/mol. The van der Waals surface area contributed by atoms with Crippen LogP contribution in [0, 0.1) is 0 Å². The second-order valence-electron chi connectivity index (χ2n) is 6.90. The van der Waals surface area contributed by atoms with E-state index in [0.717, 1.165) is 51.3 Å². The highest BCUT2D eigenvalue weighted by Crippen LogP contribution is 2.25. The number of nitrogens with zero attached hydrogens (tertiary/aromatic N) is 5. The highest BCUT2D eigenvalue weighted by molar-refractivity contribution is 6.32. The van der Waals surface area contributed by atoms with E-state index in [-0.39, 0.29) is 16.5 Å². The van der Waals surface area contributed by atoms with Crippen LogP contribution in [-0.4, -0.2) is 77.8 Å². The summed E-state index contributed by atoms with van der Waals surface area (Å²) in [5, 5.41) is 2.61. The van der Waals surface area contributed by atoms with Crippen molar-refractivity contribution in [2.24, 2.45) is 0 Å². The summed E-state index contributed by atoms with van der Waals surface area (Å²) in [5.74, 6) is -0.0325. The maximum atomic E-state index is 12.2. The van der Waals surface area contributed by atoms with Crippen molar-refractivity contribution in [1.82, 2.24) is 25.2 Å². The van der Waals surface area contributed by atoms with E-state index in [1.165, 1.54) is 6.07 Å². The van der Waals surface area contributed by atoms with E-state index < -0.39 is 18.7 Å². The number of ether oxygens (including phenoxy) is 1. The molecule has 1 fully saturated rings.